The van der Waals surface area contributed by atoms with E-state index in [0.717, 1.165) is 5.56 Å². The highest BCUT2D eigenvalue weighted by Gasteiger charge is 2.07. The Balaban J connectivity index is 2.01. The Morgan fingerprint density at radius 2 is 1.76 bits per heavy atom. The molecule has 0 saturated carbocycles. The summed E-state index contributed by atoms with van der Waals surface area (Å²) in [5.41, 5.74) is 8.12. The van der Waals surface area contributed by atoms with Crippen LogP contribution in [0, 0.1) is 0 Å². The zero-order chi connectivity index (χ0) is 15.2. The van der Waals surface area contributed by atoms with Gasteiger partial charge in [-0.1, -0.05) is 24.3 Å². The Labute approximate surface area is 124 Å². The van der Waals surface area contributed by atoms with Crippen molar-refractivity contribution in [1.29, 1.82) is 0 Å². The SMILES string of the molecule is COc1ccccc1NC(=O)Nc1ccc(C(C)N)cc1. The molecule has 2 rings (SSSR count). The first kappa shape index (κ1) is 14.9. The molecule has 2 aromatic rings. The number of para-hydroxylation sites is 2. The Morgan fingerprint density at radius 1 is 1.10 bits per heavy atom. The van der Waals surface area contributed by atoms with Gasteiger partial charge >= 0.3 is 6.03 Å². The molecule has 0 radical (unpaired) electrons. The highest BCUT2D eigenvalue weighted by atomic mass is 16.5. The number of benzene rings is 2. The highest BCUT2D eigenvalue weighted by molar-refractivity contribution is 6.00. The lowest BCUT2D eigenvalue weighted by Gasteiger charge is -2.11. The van der Waals surface area contributed by atoms with Gasteiger partial charge in [0.15, 0.2) is 0 Å². The van der Waals surface area contributed by atoms with E-state index in [4.69, 9.17) is 10.5 Å². The van der Waals surface area contributed by atoms with E-state index >= 15 is 0 Å². The van der Waals surface area contributed by atoms with Crippen LogP contribution < -0.4 is 21.1 Å². The van der Waals surface area contributed by atoms with Gasteiger partial charge in [-0.05, 0) is 36.8 Å². The Bertz CT molecular complexity index is 609. The fourth-order valence-corrected chi connectivity index (χ4v) is 1.90. The van der Waals surface area contributed by atoms with E-state index in [1.807, 2.05) is 43.3 Å². The van der Waals surface area contributed by atoms with Crippen molar-refractivity contribution in [2.24, 2.45) is 5.73 Å². The van der Waals surface area contributed by atoms with Gasteiger partial charge in [-0.3, -0.25) is 0 Å². The molecule has 110 valence electrons. The molecule has 0 aromatic heterocycles. The maximum Gasteiger partial charge on any atom is 0.323 e. The lowest BCUT2D eigenvalue weighted by molar-refractivity contribution is 0.262. The number of methoxy groups -OCH3 is 1. The van der Waals surface area contributed by atoms with Crippen LogP contribution in [0.5, 0.6) is 5.75 Å². The van der Waals surface area contributed by atoms with E-state index < -0.39 is 0 Å². The Morgan fingerprint density at radius 3 is 2.38 bits per heavy atom. The number of nitrogens with two attached hydrogens (primary N) is 1. The summed E-state index contributed by atoms with van der Waals surface area (Å²) in [6.07, 6.45) is 0. The maximum atomic E-state index is 12.0. The molecule has 1 atom stereocenters. The van der Waals surface area contributed by atoms with Gasteiger partial charge in [0.2, 0.25) is 0 Å². The van der Waals surface area contributed by atoms with Crippen molar-refractivity contribution in [1.82, 2.24) is 0 Å². The summed E-state index contributed by atoms with van der Waals surface area (Å²) < 4.78 is 5.18. The van der Waals surface area contributed by atoms with Crippen LogP contribution in [0.4, 0.5) is 16.2 Å². The molecule has 0 fully saturated rings. The fraction of sp³-hybridized carbons (Fsp3) is 0.188. The molecule has 5 heteroatoms. The lowest BCUT2D eigenvalue weighted by Crippen LogP contribution is -2.19. The number of ether oxygens (including phenoxy) is 1. The van der Waals surface area contributed by atoms with Crippen LogP contribution in [0.1, 0.15) is 18.5 Å². The third-order valence-corrected chi connectivity index (χ3v) is 3.05. The second-order valence-corrected chi connectivity index (χ2v) is 4.69. The maximum absolute atomic E-state index is 12.0. The van der Waals surface area contributed by atoms with Gasteiger partial charge in [0.25, 0.3) is 0 Å². The third-order valence-electron chi connectivity index (χ3n) is 3.05. The Hall–Kier alpha value is -2.53. The first-order valence-electron chi connectivity index (χ1n) is 6.66. The number of amides is 2. The second-order valence-electron chi connectivity index (χ2n) is 4.69. The molecule has 2 aromatic carbocycles. The minimum Gasteiger partial charge on any atom is -0.495 e. The lowest BCUT2D eigenvalue weighted by atomic mass is 10.1. The van der Waals surface area contributed by atoms with Gasteiger partial charge in [0, 0.05) is 11.7 Å². The van der Waals surface area contributed by atoms with Gasteiger partial charge in [-0.2, -0.15) is 0 Å². The summed E-state index contributed by atoms with van der Waals surface area (Å²) in [7, 11) is 1.56. The zero-order valence-corrected chi connectivity index (χ0v) is 12.1. The van der Waals surface area contributed by atoms with Crippen LogP contribution in [0.3, 0.4) is 0 Å². The molecule has 4 N–H and O–H groups in total. The van der Waals surface area contributed by atoms with Gasteiger partial charge in [0.05, 0.1) is 12.8 Å². The summed E-state index contributed by atoms with van der Waals surface area (Å²) >= 11 is 0. The van der Waals surface area contributed by atoms with Crippen molar-refractivity contribution in [3.8, 4) is 5.75 Å². The minimum absolute atomic E-state index is 0.0264. The molecule has 0 spiro atoms. The summed E-state index contributed by atoms with van der Waals surface area (Å²) in [4.78, 5) is 12.0. The Kier molecular flexibility index (Phi) is 4.79. The molecule has 0 heterocycles. The van der Waals surface area contributed by atoms with Gasteiger partial charge < -0.3 is 21.1 Å². The van der Waals surface area contributed by atoms with E-state index in [2.05, 4.69) is 10.6 Å². The van der Waals surface area contributed by atoms with Crippen molar-refractivity contribution in [3.05, 3.63) is 54.1 Å². The van der Waals surface area contributed by atoms with Crippen LogP contribution in [-0.2, 0) is 0 Å². The standard InChI is InChI=1S/C16H19N3O2/c1-11(17)12-7-9-13(10-8-12)18-16(20)19-14-5-3-4-6-15(14)21-2/h3-11H,17H2,1-2H3,(H2,18,19,20). The van der Waals surface area contributed by atoms with Crippen molar-refractivity contribution < 1.29 is 9.53 Å². The van der Waals surface area contributed by atoms with Gasteiger partial charge in [-0.25, -0.2) is 4.79 Å². The number of nitrogens with one attached hydrogen (secondary N) is 2. The van der Waals surface area contributed by atoms with E-state index in [1.54, 1.807) is 19.2 Å². The fourth-order valence-electron chi connectivity index (χ4n) is 1.90. The van der Waals surface area contributed by atoms with E-state index in [0.29, 0.717) is 17.1 Å². The second kappa shape index (κ2) is 6.76. The molecule has 0 saturated heterocycles. The summed E-state index contributed by atoms with van der Waals surface area (Å²) in [5.74, 6) is 0.611. The monoisotopic (exact) mass is 285 g/mol. The molecule has 1 unspecified atom stereocenters. The van der Waals surface area contributed by atoms with Crippen LogP contribution in [0.2, 0.25) is 0 Å². The van der Waals surface area contributed by atoms with Crippen LogP contribution in [-0.4, -0.2) is 13.1 Å². The molecule has 0 aliphatic carbocycles. The number of rotatable bonds is 4. The van der Waals surface area contributed by atoms with Crippen LogP contribution >= 0.6 is 0 Å². The predicted molar refractivity (Wildman–Crippen MR) is 84.7 cm³/mol. The molecule has 21 heavy (non-hydrogen) atoms. The third kappa shape index (κ3) is 3.97. The number of carbonyl (C=O) groups is 1. The first-order chi connectivity index (χ1) is 10.1. The number of hydrogen-bond donors (Lipinski definition) is 3. The molecule has 0 aliphatic heterocycles. The highest BCUT2D eigenvalue weighted by Crippen LogP contribution is 2.23. The van der Waals surface area contributed by atoms with Crippen molar-refractivity contribution in [2.75, 3.05) is 17.7 Å². The van der Waals surface area contributed by atoms with Crippen molar-refractivity contribution in [3.63, 3.8) is 0 Å². The minimum atomic E-state index is -0.326. The molecule has 5 nitrogen and oxygen atoms in total. The average molecular weight is 285 g/mol. The quantitative estimate of drug-likeness (QED) is 0.806. The molecular formula is C16H19N3O2. The number of carbonyl (C=O) groups excluding carboxylic acids is 1. The average Bonchev–Trinajstić information content (AvgIpc) is 2.48. The van der Waals surface area contributed by atoms with E-state index in [1.165, 1.54) is 0 Å². The molecule has 0 aliphatic rings. The largest absolute Gasteiger partial charge is 0.495 e. The zero-order valence-electron chi connectivity index (χ0n) is 12.1. The predicted octanol–water partition coefficient (Wildman–Crippen LogP) is 3.36. The summed E-state index contributed by atoms with van der Waals surface area (Å²) in [5, 5.41) is 5.51. The normalized spacial score (nSPS) is 11.6. The van der Waals surface area contributed by atoms with E-state index in [9.17, 15) is 4.79 Å². The van der Waals surface area contributed by atoms with Crippen molar-refractivity contribution >= 4 is 17.4 Å². The number of hydrogen-bond acceptors (Lipinski definition) is 3. The molecule has 0 bridgehead atoms. The van der Waals surface area contributed by atoms with Gasteiger partial charge in [0.1, 0.15) is 5.75 Å². The topological polar surface area (TPSA) is 76.4 Å². The first-order valence-corrected chi connectivity index (χ1v) is 6.66. The molecule has 2 amide bonds. The smallest absolute Gasteiger partial charge is 0.323 e. The van der Waals surface area contributed by atoms with E-state index in [-0.39, 0.29) is 12.1 Å². The number of anilines is 2. The van der Waals surface area contributed by atoms with Gasteiger partial charge in [-0.15, -0.1) is 0 Å². The molecular weight excluding hydrogens is 266 g/mol. The summed E-state index contributed by atoms with van der Waals surface area (Å²) in [6, 6.07) is 14.3. The number of urea groups is 1. The van der Waals surface area contributed by atoms with Crippen LogP contribution in [0.15, 0.2) is 48.5 Å². The summed E-state index contributed by atoms with van der Waals surface area (Å²) in [6.45, 7) is 1.91. The van der Waals surface area contributed by atoms with Crippen LogP contribution in [0.25, 0.3) is 0 Å². The van der Waals surface area contributed by atoms with Crippen molar-refractivity contribution in [2.45, 2.75) is 13.0 Å².